The molecular formula is C6H15N2. The topological polar surface area (TPSA) is 52.0 Å². The molecular weight excluding hydrogens is 100 g/mol. The number of rotatable bonds is 3. The summed E-state index contributed by atoms with van der Waals surface area (Å²) in [5.41, 5.74) is 10.9. The third kappa shape index (κ3) is 4.09. The number of hydrogen-bond donors (Lipinski definition) is 2. The highest BCUT2D eigenvalue weighted by atomic mass is 14.7. The van der Waals surface area contributed by atoms with Crippen molar-refractivity contribution in [1.29, 1.82) is 0 Å². The van der Waals surface area contributed by atoms with E-state index in [1.807, 2.05) is 6.92 Å². The van der Waals surface area contributed by atoms with E-state index in [0.29, 0.717) is 0 Å². The Morgan fingerprint density at radius 3 is 2.12 bits per heavy atom. The van der Waals surface area contributed by atoms with Crippen LogP contribution in [0.1, 0.15) is 19.8 Å². The quantitative estimate of drug-likeness (QED) is 0.555. The van der Waals surface area contributed by atoms with E-state index in [9.17, 15) is 0 Å². The van der Waals surface area contributed by atoms with Crippen molar-refractivity contribution in [2.24, 2.45) is 11.5 Å². The summed E-state index contributed by atoms with van der Waals surface area (Å²) in [6.07, 6.45) is 1.82. The van der Waals surface area contributed by atoms with Crippen LogP contribution in [-0.2, 0) is 0 Å². The second kappa shape index (κ2) is 3.87. The van der Waals surface area contributed by atoms with Crippen LogP contribution in [-0.4, -0.2) is 12.1 Å². The van der Waals surface area contributed by atoms with Crippen molar-refractivity contribution in [3.05, 3.63) is 6.92 Å². The van der Waals surface area contributed by atoms with Gasteiger partial charge in [0.1, 0.15) is 0 Å². The molecule has 0 aromatic heterocycles. The van der Waals surface area contributed by atoms with Crippen LogP contribution in [0.15, 0.2) is 0 Å². The van der Waals surface area contributed by atoms with Gasteiger partial charge in [0, 0.05) is 12.1 Å². The number of hydrogen-bond acceptors (Lipinski definition) is 2. The minimum atomic E-state index is 0.00458. The summed E-state index contributed by atoms with van der Waals surface area (Å²) < 4.78 is 0. The summed E-state index contributed by atoms with van der Waals surface area (Å²) in [6.45, 7) is 5.67. The van der Waals surface area contributed by atoms with Crippen molar-refractivity contribution in [1.82, 2.24) is 0 Å². The van der Waals surface area contributed by atoms with E-state index in [-0.39, 0.29) is 12.1 Å². The summed E-state index contributed by atoms with van der Waals surface area (Å²) in [7, 11) is 0. The molecule has 0 aromatic carbocycles. The normalized spacial score (nSPS) is 18.0. The van der Waals surface area contributed by atoms with E-state index in [0.717, 1.165) is 12.8 Å². The molecule has 0 saturated carbocycles. The zero-order valence-electron chi connectivity index (χ0n) is 5.43. The number of nitrogens with two attached hydrogens (primary N) is 2. The Morgan fingerprint density at radius 1 is 1.50 bits per heavy atom. The molecule has 2 nitrogen and oxygen atoms in total. The summed E-state index contributed by atoms with van der Waals surface area (Å²) >= 11 is 0. The van der Waals surface area contributed by atoms with Gasteiger partial charge in [-0.3, -0.25) is 0 Å². The third-order valence-corrected chi connectivity index (χ3v) is 1.13. The zero-order valence-corrected chi connectivity index (χ0v) is 5.43. The van der Waals surface area contributed by atoms with Gasteiger partial charge in [0.2, 0.25) is 0 Å². The average molecular weight is 115 g/mol. The van der Waals surface area contributed by atoms with Crippen LogP contribution in [0.5, 0.6) is 0 Å². The van der Waals surface area contributed by atoms with Gasteiger partial charge in [-0.15, -0.1) is 0 Å². The standard InChI is InChI=1S/C6H15N2/c1-3-6(8)4-5(2)7/h5-6H,2-4,7-8H2,1H3. The van der Waals surface area contributed by atoms with Gasteiger partial charge in [0.05, 0.1) is 0 Å². The molecule has 1 radical (unpaired) electrons. The molecule has 0 rings (SSSR count). The molecule has 0 amide bonds. The monoisotopic (exact) mass is 115 g/mol. The lowest BCUT2D eigenvalue weighted by Crippen LogP contribution is -2.28. The molecule has 0 aromatic rings. The largest absolute Gasteiger partial charge is 0.328 e. The van der Waals surface area contributed by atoms with Gasteiger partial charge >= 0.3 is 0 Å². The van der Waals surface area contributed by atoms with E-state index in [4.69, 9.17) is 11.5 Å². The van der Waals surface area contributed by atoms with Crippen LogP contribution >= 0.6 is 0 Å². The Morgan fingerprint density at radius 2 is 2.00 bits per heavy atom. The molecule has 0 spiro atoms. The SMILES string of the molecule is [CH2]C(N)CC(N)CC. The molecule has 0 heterocycles. The lowest BCUT2D eigenvalue weighted by Gasteiger charge is -2.09. The molecule has 0 saturated heterocycles. The molecule has 49 valence electrons. The predicted molar refractivity (Wildman–Crippen MR) is 36.2 cm³/mol. The Hall–Kier alpha value is -0.0800. The highest BCUT2D eigenvalue weighted by Gasteiger charge is 2.00. The van der Waals surface area contributed by atoms with Crippen molar-refractivity contribution < 1.29 is 0 Å². The van der Waals surface area contributed by atoms with Crippen molar-refractivity contribution in [3.8, 4) is 0 Å². The molecule has 2 atom stereocenters. The fourth-order valence-electron chi connectivity index (χ4n) is 0.556. The molecule has 4 N–H and O–H groups in total. The van der Waals surface area contributed by atoms with Crippen LogP contribution in [0.4, 0.5) is 0 Å². The maximum atomic E-state index is 5.55. The first-order valence-electron chi connectivity index (χ1n) is 3.01. The van der Waals surface area contributed by atoms with Gasteiger partial charge in [-0.1, -0.05) is 6.92 Å². The van der Waals surface area contributed by atoms with Crippen molar-refractivity contribution >= 4 is 0 Å². The Kier molecular flexibility index (Phi) is 3.83. The van der Waals surface area contributed by atoms with Crippen LogP contribution < -0.4 is 11.5 Å². The smallest absolute Gasteiger partial charge is 0.00541 e. The summed E-state index contributed by atoms with van der Waals surface area (Å²) in [5, 5.41) is 0. The van der Waals surface area contributed by atoms with Gasteiger partial charge in [-0.25, -0.2) is 0 Å². The van der Waals surface area contributed by atoms with Gasteiger partial charge < -0.3 is 11.5 Å². The molecule has 2 heteroatoms. The van der Waals surface area contributed by atoms with Gasteiger partial charge in [0.15, 0.2) is 0 Å². The first kappa shape index (κ1) is 7.92. The molecule has 8 heavy (non-hydrogen) atoms. The van der Waals surface area contributed by atoms with Crippen LogP contribution in [0.25, 0.3) is 0 Å². The zero-order chi connectivity index (χ0) is 6.57. The molecule has 0 aliphatic rings. The Bertz CT molecular complexity index is 52.5. The van der Waals surface area contributed by atoms with E-state index < -0.39 is 0 Å². The maximum absolute atomic E-state index is 5.55. The lowest BCUT2D eigenvalue weighted by atomic mass is 10.1. The second-order valence-corrected chi connectivity index (χ2v) is 2.16. The highest BCUT2D eigenvalue weighted by molar-refractivity contribution is 4.70. The lowest BCUT2D eigenvalue weighted by molar-refractivity contribution is 0.558. The van der Waals surface area contributed by atoms with E-state index in [2.05, 4.69) is 6.92 Å². The summed E-state index contributed by atoms with van der Waals surface area (Å²) in [6, 6.07) is 0.243. The third-order valence-electron chi connectivity index (χ3n) is 1.13. The van der Waals surface area contributed by atoms with Crippen LogP contribution in [0.3, 0.4) is 0 Å². The first-order chi connectivity index (χ1) is 3.66. The highest BCUT2D eigenvalue weighted by Crippen LogP contribution is 1.94. The van der Waals surface area contributed by atoms with Crippen LogP contribution in [0.2, 0.25) is 0 Å². The van der Waals surface area contributed by atoms with Gasteiger partial charge in [-0.2, -0.15) is 0 Å². The molecule has 2 unspecified atom stereocenters. The Balaban J connectivity index is 3.10. The Labute approximate surface area is 51.2 Å². The first-order valence-corrected chi connectivity index (χ1v) is 3.01. The summed E-state index contributed by atoms with van der Waals surface area (Å²) in [5.74, 6) is 0. The summed E-state index contributed by atoms with van der Waals surface area (Å²) in [4.78, 5) is 0. The van der Waals surface area contributed by atoms with Gasteiger partial charge in [-0.05, 0) is 19.8 Å². The van der Waals surface area contributed by atoms with Gasteiger partial charge in [0.25, 0.3) is 0 Å². The molecule has 0 aliphatic carbocycles. The maximum Gasteiger partial charge on any atom is 0.00541 e. The van der Waals surface area contributed by atoms with Crippen molar-refractivity contribution in [2.75, 3.05) is 0 Å². The molecule has 0 bridgehead atoms. The van der Waals surface area contributed by atoms with Crippen molar-refractivity contribution in [3.63, 3.8) is 0 Å². The van der Waals surface area contributed by atoms with E-state index in [1.54, 1.807) is 0 Å². The molecule has 0 fully saturated rings. The minimum absolute atomic E-state index is 0.00458. The fraction of sp³-hybridized carbons (Fsp3) is 0.833. The van der Waals surface area contributed by atoms with Crippen molar-refractivity contribution in [2.45, 2.75) is 31.8 Å². The fourth-order valence-corrected chi connectivity index (χ4v) is 0.556. The molecule has 0 aliphatic heterocycles. The minimum Gasteiger partial charge on any atom is -0.328 e. The second-order valence-electron chi connectivity index (χ2n) is 2.16. The van der Waals surface area contributed by atoms with Crippen LogP contribution in [0, 0.1) is 6.92 Å². The predicted octanol–water partition coefficient (Wildman–Crippen LogP) is 0.275. The van der Waals surface area contributed by atoms with E-state index >= 15 is 0 Å². The van der Waals surface area contributed by atoms with E-state index in [1.165, 1.54) is 0 Å². The average Bonchev–Trinajstić information content (AvgIpc) is 1.65.